The zero-order valence-corrected chi connectivity index (χ0v) is 16.7. The molecule has 0 spiro atoms. The van der Waals surface area contributed by atoms with Crippen molar-refractivity contribution in [1.82, 2.24) is 4.57 Å². The standard InChI is InChI=1S/C23H23NO5/c1-4-28-20-13-18(15-9-5-6-10-16(15)23(26)27-3)21-22(29-20)17-11-7-8-12-19(17)24(21)14(2)25/h5-12,18,20H,4,13H2,1-3H3. The molecule has 1 aliphatic heterocycles. The van der Waals surface area contributed by atoms with Gasteiger partial charge in [0.25, 0.3) is 0 Å². The predicted molar refractivity (Wildman–Crippen MR) is 109 cm³/mol. The molecule has 2 aromatic carbocycles. The summed E-state index contributed by atoms with van der Waals surface area (Å²) in [6.07, 6.45) is 0.00718. The van der Waals surface area contributed by atoms with Gasteiger partial charge in [0.1, 0.15) is 0 Å². The minimum Gasteiger partial charge on any atom is -0.465 e. The summed E-state index contributed by atoms with van der Waals surface area (Å²) in [7, 11) is 1.37. The van der Waals surface area contributed by atoms with Gasteiger partial charge in [-0.15, -0.1) is 0 Å². The number of hydrogen-bond acceptors (Lipinski definition) is 5. The Labute approximate surface area is 169 Å². The molecule has 0 amide bonds. The van der Waals surface area contributed by atoms with Crippen LogP contribution in [-0.4, -0.2) is 36.5 Å². The Morgan fingerprint density at radius 3 is 2.59 bits per heavy atom. The quantitative estimate of drug-likeness (QED) is 0.616. The molecule has 6 heteroatoms. The first-order chi connectivity index (χ1) is 14.1. The van der Waals surface area contributed by atoms with Crippen LogP contribution in [0.1, 0.15) is 52.6 Å². The molecule has 0 aliphatic carbocycles. The SMILES string of the molecule is CCOC1CC(c2ccccc2C(=O)OC)c2c(c3ccccc3n2C(C)=O)O1. The maximum Gasteiger partial charge on any atom is 0.338 e. The van der Waals surface area contributed by atoms with Gasteiger partial charge in [0.2, 0.25) is 12.2 Å². The van der Waals surface area contributed by atoms with E-state index in [1.165, 1.54) is 14.0 Å². The highest BCUT2D eigenvalue weighted by Crippen LogP contribution is 2.47. The number of aromatic nitrogens is 1. The molecule has 1 aliphatic rings. The third-order valence-corrected chi connectivity index (χ3v) is 5.28. The number of benzene rings is 2. The number of methoxy groups -OCH3 is 1. The Kier molecular flexibility index (Phi) is 5.11. The number of ether oxygens (including phenoxy) is 3. The van der Waals surface area contributed by atoms with E-state index in [0.717, 1.165) is 22.2 Å². The van der Waals surface area contributed by atoms with Gasteiger partial charge in [-0.2, -0.15) is 0 Å². The second-order valence-corrected chi connectivity index (χ2v) is 6.96. The molecule has 150 valence electrons. The minimum atomic E-state index is -0.477. The van der Waals surface area contributed by atoms with Crippen LogP contribution in [0, 0.1) is 0 Å². The Morgan fingerprint density at radius 2 is 1.86 bits per heavy atom. The molecular weight excluding hydrogens is 370 g/mol. The van der Waals surface area contributed by atoms with Crippen LogP contribution in [0.25, 0.3) is 10.9 Å². The number of carbonyl (C=O) groups is 2. The van der Waals surface area contributed by atoms with E-state index in [0.29, 0.717) is 24.3 Å². The van der Waals surface area contributed by atoms with E-state index in [1.807, 2.05) is 43.3 Å². The summed E-state index contributed by atoms with van der Waals surface area (Å²) >= 11 is 0. The smallest absolute Gasteiger partial charge is 0.338 e. The summed E-state index contributed by atoms with van der Waals surface area (Å²) in [4.78, 5) is 25.1. The molecule has 29 heavy (non-hydrogen) atoms. The van der Waals surface area contributed by atoms with Gasteiger partial charge in [0, 0.05) is 31.3 Å². The molecule has 0 N–H and O–H groups in total. The number of nitrogens with zero attached hydrogens (tertiary/aromatic N) is 1. The summed E-state index contributed by atoms with van der Waals surface area (Å²) in [6.45, 7) is 3.94. The number of rotatable bonds is 4. The Balaban J connectivity index is 2.00. The van der Waals surface area contributed by atoms with Crippen molar-refractivity contribution in [2.24, 2.45) is 0 Å². The third kappa shape index (κ3) is 3.19. The fourth-order valence-corrected chi connectivity index (χ4v) is 4.15. The highest BCUT2D eigenvalue weighted by atomic mass is 16.7. The lowest BCUT2D eigenvalue weighted by Gasteiger charge is -2.32. The van der Waals surface area contributed by atoms with E-state index in [2.05, 4.69) is 0 Å². The maximum absolute atomic E-state index is 12.6. The number of fused-ring (bicyclic) bond motifs is 3. The Bertz CT molecular complexity index is 1080. The highest BCUT2D eigenvalue weighted by Gasteiger charge is 2.37. The van der Waals surface area contributed by atoms with E-state index in [9.17, 15) is 9.59 Å². The van der Waals surface area contributed by atoms with Crippen molar-refractivity contribution in [3.05, 3.63) is 65.4 Å². The molecular formula is C23H23NO5. The predicted octanol–water partition coefficient (Wildman–Crippen LogP) is 4.37. The van der Waals surface area contributed by atoms with Crippen molar-refractivity contribution in [2.75, 3.05) is 13.7 Å². The summed E-state index contributed by atoms with van der Waals surface area (Å²) < 4.78 is 18.7. The number of esters is 1. The fourth-order valence-electron chi connectivity index (χ4n) is 4.15. The van der Waals surface area contributed by atoms with Crippen molar-refractivity contribution in [3.63, 3.8) is 0 Å². The molecule has 0 bridgehead atoms. The molecule has 0 saturated carbocycles. The van der Waals surface area contributed by atoms with E-state index < -0.39 is 12.3 Å². The maximum atomic E-state index is 12.6. The van der Waals surface area contributed by atoms with Gasteiger partial charge in [-0.1, -0.05) is 30.3 Å². The summed E-state index contributed by atoms with van der Waals surface area (Å²) in [5.41, 5.74) is 2.79. The van der Waals surface area contributed by atoms with Gasteiger partial charge in [-0.25, -0.2) is 4.79 Å². The Hall–Kier alpha value is -3.12. The monoisotopic (exact) mass is 393 g/mol. The molecule has 0 radical (unpaired) electrons. The van der Waals surface area contributed by atoms with Crippen LogP contribution in [0.3, 0.4) is 0 Å². The highest BCUT2D eigenvalue weighted by molar-refractivity contribution is 5.98. The molecule has 2 unspecified atom stereocenters. The average molecular weight is 393 g/mol. The number of carbonyl (C=O) groups excluding carboxylic acids is 2. The van der Waals surface area contributed by atoms with Crippen molar-refractivity contribution < 1.29 is 23.8 Å². The van der Waals surface area contributed by atoms with Crippen LogP contribution in [0.4, 0.5) is 0 Å². The molecule has 1 aromatic heterocycles. The number of para-hydroxylation sites is 1. The molecule has 0 fully saturated rings. The molecule has 6 nitrogen and oxygen atoms in total. The lowest BCUT2D eigenvalue weighted by Crippen LogP contribution is -2.31. The van der Waals surface area contributed by atoms with Gasteiger partial charge in [-0.3, -0.25) is 9.36 Å². The fraction of sp³-hybridized carbons (Fsp3) is 0.304. The van der Waals surface area contributed by atoms with Crippen molar-refractivity contribution in [1.29, 1.82) is 0 Å². The Morgan fingerprint density at radius 1 is 1.14 bits per heavy atom. The molecule has 2 atom stereocenters. The first-order valence-electron chi connectivity index (χ1n) is 9.66. The van der Waals surface area contributed by atoms with E-state index in [-0.39, 0.29) is 11.8 Å². The normalized spacial score (nSPS) is 18.2. The summed E-state index contributed by atoms with van der Waals surface area (Å²) in [5, 5.41) is 0.850. The van der Waals surface area contributed by atoms with Crippen molar-refractivity contribution >= 4 is 22.8 Å². The van der Waals surface area contributed by atoms with Crippen LogP contribution < -0.4 is 4.74 Å². The van der Waals surface area contributed by atoms with Crippen LogP contribution in [-0.2, 0) is 9.47 Å². The minimum absolute atomic E-state index is 0.110. The number of hydrogen-bond donors (Lipinski definition) is 0. The van der Waals surface area contributed by atoms with Crippen LogP contribution in [0.15, 0.2) is 48.5 Å². The van der Waals surface area contributed by atoms with E-state index in [1.54, 1.807) is 16.7 Å². The molecule has 2 heterocycles. The first-order valence-corrected chi connectivity index (χ1v) is 9.66. The zero-order valence-electron chi connectivity index (χ0n) is 16.7. The summed E-state index contributed by atoms with van der Waals surface area (Å²) in [6, 6.07) is 15.0. The van der Waals surface area contributed by atoms with Gasteiger partial charge in [0.05, 0.1) is 23.9 Å². The largest absolute Gasteiger partial charge is 0.465 e. The van der Waals surface area contributed by atoms with Gasteiger partial charge >= 0.3 is 5.97 Å². The van der Waals surface area contributed by atoms with Crippen LogP contribution in [0.2, 0.25) is 0 Å². The lowest BCUT2D eigenvalue weighted by atomic mass is 9.86. The lowest BCUT2D eigenvalue weighted by molar-refractivity contribution is -0.0891. The first kappa shape index (κ1) is 19.2. The average Bonchev–Trinajstić information content (AvgIpc) is 3.07. The topological polar surface area (TPSA) is 66.8 Å². The van der Waals surface area contributed by atoms with Gasteiger partial charge in [0.15, 0.2) is 5.75 Å². The van der Waals surface area contributed by atoms with Crippen molar-refractivity contribution in [2.45, 2.75) is 32.5 Å². The van der Waals surface area contributed by atoms with E-state index >= 15 is 0 Å². The second-order valence-electron chi connectivity index (χ2n) is 6.96. The summed E-state index contributed by atoms with van der Waals surface area (Å²) in [5.74, 6) is -0.152. The van der Waals surface area contributed by atoms with E-state index in [4.69, 9.17) is 14.2 Å². The molecule has 0 saturated heterocycles. The molecule has 4 rings (SSSR count). The van der Waals surface area contributed by atoms with Crippen LogP contribution in [0.5, 0.6) is 5.75 Å². The third-order valence-electron chi connectivity index (χ3n) is 5.28. The zero-order chi connectivity index (χ0) is 20.5. The van der Waals surface area contributed by atoms with Crippen LogP contribution >= 0.6 is 0 Å². The second kappa shape index (κ2) is 7.72. The van der Waals surface area contributed by atoms with Gasteiger partial charge in [-0.05, 0) is 30.7 Å². The van der Waals surface area contributed by atoms with Crippen molar-refractivity contribution in [3.8, 4) is 5.75 Å². The molecule has 3 aromatic rings. The van der Waals surface area contributed by atoms with Gasteiger partial charge < -0.3 is 14.2 Å².